The highest BCUT2D eigenvalue weighted by molar-refractivity contribution is 5.59. The molecule has 0 aliphatic heterocycles. The topological polar surface area (TPSA) is 98.8 Å². The van der Waals surface area contributed by atoms with Crippen LogP contribution in [0.4, 0.5) is 11.5 Å². The van der Waals surface area contributed by atoms with Crippen LogP contribution in [0.5, 0.6) is 0 Å². The second-order valence-electron chi connectivity index (χ2n) is 6.00. The fourth-order valence-corrected chi connectivity index (χ4v) is 2.73. The van der Waals surface area contributed by atoms with Gasteiger partial charge in [0.25, 0.3) is 0 Å². The molecule has 0 fully saturated rings. The molecule has 0 bridgehead atoms. The van der Waals surface area contributed by atoms with Crippen LogP contribution in [-0.4, -0.2) is 27.5 Å². The molecule has 2 heterocycles. The first-order valence-electron chi connectivity index (χ1n) is 8.64. The summed E-state index contributed by atoms with van der Waals surface area (Å²) in [5.74, 6) is -0.0210. The SMILES string of the molecule is CC(OCCCNc1nc2ccccn2c(=O)c1[N+](=O)[O-])c1ccccc1. The first kappa shape index (κ1) is 18.5. The second kappa shape index (κ2) is 8.41. The van der Waals surface area contributed by atoms with Gasteiger partial charge < -0.3 is 10.1 Å². The smallest absolute Gasteiger partial charge is 0.374 e. The van der Waals surface area contributed by atoms with E-state index in [1.165, 1.54) is 6.20 Å². The number of ether oxygens (including phenoxy) is 1. The van der Waals surface area contributed by atoms with Crippen LogP contribution in [0.3, 0.4) is 0 Å². The zero-order valence-electron chi connectivity index (χ0n) is 14.9. The van der Waals surface area contributed by atoms with E-state index in [2.05, 4.69) is 10.3 Å². The molecule has 0 amide bonds. The minimum absolute atomic E-state index is 0.0210. The molecular weight excluding hydrogens is 348 g/mol. The fourth-order valence-electron chi connectivity index (χ4n) is 2.73. The van der Waals surface area contributed by atoms with Crippen molar-refractivity contribution in [2.24, 2.45) is 0 Å². The summed E-state index contributed by atoms with van der Waals surface area (Å²) in [6, 6.07) is 14.8. The van der Waals surface area contributed by atoms with Gasteiger partial charge in [-0.05, 0) is 31.0 Å². The van der Waals surface area contributed by atoms with Crippen molar-refractivity contribution in [2.45, 2.75) is 19.4 Å². The Balaban J connectivity index is 1.62. The number of fused-ring (bicyclic) bond motifs is 1. The molecule has 0 aliphatic rings. The molecule has 0 aliphatic carbocycles. The van der Waals surface area contributed by atoms with E-state index in [1.54, 1.807) is 18.2 Å². The molecule has 2 aromatic heterocycles. The van der Waals surface area contributed by atoms with Gasteiger partial charge in [-0.2, -0.15) is 0 Å². The standard InChI is InChI=1S/C19H20N4O4/c1-14(15-8-3-2-4-9-15)27-13-7-11-20-18-17(23(25)26)19(24)22-12-6-5-10-16(22)21-18/h2-6,8-10,12,14,20H,7,11,13H2,1H3. The summed E-state index contributed by atoms with van der Waals surface area (Å²) >= 11 is 0. The van der Waals surface area contributed by atoms with E-state index in [1.807, 2.05) is 37.3 Å². The number of nitro groups is 1. The van der Waals surface area contributed by atoms with Gasteiger partial charge in [-0.3, -0.25) is 19.3 Å². The van der Waals surface area contributed by atoms with Gasteiger partial charge in [0, 0.05) is 19.3 Å². The molecule has 27 heavy (non-hydrogen) atoms. The minimum atomic E-state index is -0.706. The van der Waals surface area contributed by atoms with Gasteiger partial charge in [-0.15, -0.1) is 0 Å². The lowest BCUT2D eigenvalue weighted by Gasteiger charge is -2.13. The van der Waals surface area contributed by atoms with Gasteiger partial charge >= 0.3 is 11.2 Å². The average Bonchev–Trinajstić information content (AvgIpc) is 2.68. The molecule has 1 atom stereocenters. The summed E-state index contributed by atoms with van der Waals surface area (Å²) in [5.41, 5.74) is 0.175. The van der Waals surface area contributed by atoms with E-state index in [0.29, 0.717) is 25.2 Å². The molecule has 8 heteroatoms. The van der Waals surface area contributed by atoms with Crippen LogP contribution in [0.2, 0.25) is 0 Å². The highest BCUT2D eigenvalue weighted by atomic mass is 16.6. The predicted molar refractivity (Wildman–Crippen MR) is 102 cm³/mol. The number of anilines is 1. The number of rotatable bonds is 8. The Hall–Kier alpha value is -3.26. The third-order valence-corrected chi connectivity index (χ3v) is 4.14. The third-order valence-electron chi connectivity index (χ3n) is 4.14. The molecule has 0 spiro atoms. The maximum atomic E-state index is 12.3. The maximum absolute atomic E-state index is 12.3. The fraction of sp³-hybridized carbons (Fsp3) is 0.263. The lowest BCUT2D eigenvalue weighted by Crippen LogP contribution is -2.21. The summed E-state index contributed by atoms with van der Waals surface area (Å²) in [7, 11) is 0. The molecule has 0 radical (unpaired) electrons. The Bertz CT molecular complexity index is 988. The lowest BCUT2D eigenvalue weighted by molar-refractivity contribution is -0.385. The monoisotopic (exact) mass is 368 g/mol. The Morgan fingerprint density at radius 1 is 1.22 bits per heavy atom. The van der Waals surface area contributed by atoms with Gasteiger partial charge in [-0.1, -0.05) is 36.4 Å². The first-order valence-corrected chi connectivity index (χ1v) is 8.64. The van der Waals surface area contributed by atoms with Crippen LogP contribution in [-0.2, 0) is 4.74 Å². The Labute approximate surface area is 155 Å². The molecule has 3 aromatic rings. The molecule has 0 saturated carbocycles. The average molecular weight is 368 g/mol. The second-order valence-corrected chi connectivity index (χ2v) is 6.00. The summed E-state index contributed by atoms with van der Waals surface area (Å²) in [5, 5.41) is 14.2. The van der Waals surface area contributed by atoms with Crippen molar-refractivity contribution in [1.29, 1.82) is 0 Å². The highest BCUT2D eigenvalue weighted by Gasteiger charge is 2.23. The zero-order valence-corrected chi connectivity index (χ0v) is 14.9. The Morgan fingerprint density at radius 3 is 2.70 bits per heavy atom. The van der Waals surface area contributed by atoms with E-state index in [0.717, 1.165) is 9.96 Å². The summed E-state index contributed by atoms with van der Waals surface area (Å²) < 4.78 is 6.94. The molecule has 8 nitrogen and oxygen atoms in total. The van der Waals surface area contributed by atoms with Crippen molar-refractivity contribution < 1.29 is 9.66 Å². The van der Waals surface area contributed by atoms with Gasteiger partial charge in [0.05, 0.1) is 11.0 Å². The molecule has 0 saturated heterocycles. The van der Waals surface area contributed by atoms with E-state index in [9.17, 15) is 14.9 Å². The van der Waals surface area contributed by atoms with Crippen LogP contribution in [0, 0.1) is 10.1 Å². The normalized spacial score (nSPS) is 12.0. The van der Waals surface area contributed by atoms with Crippen LogP contribution < -0.4 is 10.9 Å². The van der Waals surface area contributed by atoms with Gasteiger partial charge in [-0.25, -0.2) is 4.98 Å². The quantitative estimate of drug-likeness (QED) is 0.372. The Kier molecular flexibility index (Phi) is 5.77. The van der Waals surface area contributed by atoms with Gasteiger partial charge in [0.1, 0.15) is 5.65 Å². The number of hydrogen-bond acceptors (Lipinski definition) is 6. The number of pyridine rings is 1. The van der Waals surface area contributed by atoms with Gasteiger partial charge in [0.2, 0.25) is 5.82 Å². The van der Waals surface area contributed by atoms with Gasteiger partial charge in [0.15, 0.2) is 0 Å². The predicted octanol–water partition coefficient (Wildman–Crippen LogP) is 3.18. The molecule has 1 N–H and O–H groups in total. The van der Waals surface area contributed by atoms with E-state index >= 15 is 0 Å². The van der Waals surface area contributed by atoms with Crippen molar-refractivity contribution >= 4 is 17.2 Å². The van der Waals surface area contributed by atoms with Crippen LogP contribution in [0.25, 0.3) is 5.65 Å². The van der Waals surface area contributed by atoms with Crippen LogP contribution in [0.15, 0.2) is 59.5 Å². The van der Waals surface area contributed by atoms with E-state index < -0.39 is 16.2 Å². The number of benzene rings is 1. The number of nitrogens with zero attached hydrogens (tertiary/aromatic N) is 3. The highest BCUT2D eigenvalue weighted by Crippen LogP contribution is 2.19. The molecule has 140 valence electrons. The first-order chi connectivity index (χ1) is 13.1. The van der Waals surface area contributed by atoms with Crippen molar-refractivity contribution in [1.82, 2.24) is 9.38 Å². The zero-order chi connectivity index (χ0) is 19.2. The maximum Gasteiger partial charge on any atom is 0.376 e. The minimum Gasteiger partial charge on any atom is -0.374 e. The summed E-state index contributed by atoms with van der Waals surface area (Å²) in [6.07, 6.45) is 2.04. The molecular formula is C19H20N4O4. The number of nitrogens with one attached hydrogen (secondary N) is 1. The van der Waals surface area contributed by atoms with Crippen molar-refractivity contribution in [2.75, 3.05) is 18.5 Å². The van der Waals surface area contributed by atoms with E-state index in [-0.39, 0.29) is 11.9 Å². The number of hydrogen-bond donors (Lipinski definition) is 1. The number of aromatic nitrogens is 2. The summed E-state index contributed by atoms with van der Waals surface area (Å²) in [6.45, 7) is 2.85. The molecule has 1 aromatic carbocycles. The Morgan fingerprint density at radius 2 is 1.96 bits per heavy atom. The largest absolute Gasteiger partial charge is 0.376 e. The van der Waals surface area contributed by atoms with Crippen LogP contribution >= 0.6 is 0 Å². The molecule has 1 unspecified atom stereocenters. The van der Waals surface area contributed by atoms with Crippen molar-refractivity contribution in [3.63, 3.8) is 0 Å². The van der Waals surface area contributed by atoms with Crippen LogP contribution in [0.1, 0.15) is 25.0 Å². The molecule has 3 rings (SSSR count). The third kappa shape index (κ3) is 4.29. The lowest BCUT2D eigenvalue weighted by atomic mass is 10.1. The van der Waals surface area contributed by atoms with Crippen molar-refractivity contribution in [3.05, 3.63) is 80.8 Å². The van der Waals surface area contributed by atoms with E-state index in [4.69, 9.17) is 4.74 Å². The summed E-state index contributed by atoms with van der Waals surface area (Å²) in [4.78, 5) is 27.2. The van der Waals surface area contributed by atoms with Crippen molar-refractivity contribution in [3.8, 4) is 0 Å².